The van der Waals surface area contributed by atoms with Gasteiger partial charge in [0.1, 0.15) is 5.82 Å². The highest BCUT2D eigenvalue weighted by Gasteiger charge is 2.54. The van der Waals surface area contributed by atoms with E-state index in [0.29, 0.717) is 19.6 Å². The summed E-state index contributed by atoms with van der Waals surface area (Å²) < 4.78 is 13.6. The van der Waals surface area contributed by atoms with Crippen LogP contribution in [-0.2, 0) is 11.3 Å². The highest BCUT2D eigenvalue weighted by Crippen LogP contribution is 2.42. The third kappa shape index (κ3) is 2.91. The third-order valence-electron chi connectivity index (χ3n) is 5.83. The van der Waals surface area contributed by atoms with Crippen LogP contribution in [0.1, 0.15) is 12.0 Å². The molecular weight excluding hydrogens is 335 g/mol. The van der Waals surface area contributed by atoms with Crippen molar-refractivity contribution in [2.45, 2.75) is 13.0 Å². The Hall–Kier alpha value is -2.25. The third-order valence-corrected chi connectivity index (χ3v) is 5.83. The number of hydrogen-bond acceptors (Lipinski definition) is 4. The van der Waals surface area contributed by atoms with Crippen LogP contribution in [0, 0.1) is 17.2 Å². The van der Waals surface area contributed by atoms with Crippen LogP contribution in [-0.4, -0.2) is 64.3 Å². The molecule has 2 aliphatic rings. The lowest BCUT2D eigenvalue weighted by molar-refractivity contribution is -0.153. The van der Waals surface area contributed by atoms with E-state index in [4.69, 9.17) is 0 Å². The molecule has 0 spiro atoms. The lowest BCUT2D eigenvalue weighted by Gasteiger charge is -2.39. The van der Waals surface area contributed by atoms with Gasteiger partial charge in [0.05, 0.1) is 17.3 Å². The number of nitrogens with zero attached hydrogens (tertiary/aromatic N) is 3. The van der Waals surface area contributed by atoms with Crippen molar-refractivity contribution in [2.24, 2.45) is 11.3 Å². The van der Waals surface area contributed by atoms with E-state index in [0.717, 1.165) is 36.3 Å². The number of halogens is 1. The Bertz CT molecular complexity index is 823. The molecule has 2 aliphatic heterocycles. The van der Waals surface area contributed by atoms with Gasteiger partial charge in [0, 0.05) is 37.3 Å². The van der Waals surface area contributed by atoms with Crippen LogP contribution < -0.4 is 0 Å². The Morgan fingerprint density at radius 1 is 1.46 bits per heavy atom. The van der Waals surface area contributed by atoms with Gasteiger partial charge in [0.15, 0.2) is 0 Å². The van der Waals surface area contributed by atoms with Gasteiger partial charge in [-0.25, -0.2) is 4.39 Å². The number of aromatic nitrogens is 2. The van der Waals surface area contributed by atoms with Crippen LogP contribution in [0.4, 0.5) is 4.39 Å². The molecule has 0 unspecified atom stereocenters. The van der Waals surface area contributed by atoms with Crippen molar-refractivity contribution >= 4 is 5.97 Å². The van der Waals surface area contributed by atoms with Gasteiger partial charge in [0.25, 0.3) is 0 Å². The van der Waals surface area contributed by atoms with Gasteiger partial charge in [-0.1, -0.05) is 12.1 Å². The summed E-state index contributed by atoms with van der Waals surface area (Å²) in [5.74, 6) is -0.821. The number of carboxylic acid groups (broad SMARTS) is 1. The topological polar surface area (TPSA) is 72.5 Å². The summed E-state index contributed by atoms with van der Waals surface area (Å²) >= 11 is 0. The van der Waals surface area contributed by atoms with Crippen LogP contribution in [0.15, 0.2) is 30.5 Å². The molecule has 6 nitrogen and oxygen atoms in total. The first-order valence-electron chi connectivity index (χ1n) is 8.90. The van der Waals surface area contributed by atoms with E-state index in [1.807, 2.05) is 13.1 Å². The van der Waals surface area contributed by atoms with Crippen molar-refractivity contribution in [3.63, 3.8) is 0 Å². The van der Waals surface area contributed by atoms with Crippen molar-refractivity contribution in [1.82, 2.24) is 20.0 Å². The lowest BCUT2D eigenvalue weighted by Crippen LogP contribution is -2.52. The minimum Gasteiger partial charge on any atom is -0.481 e. The molecule has 2 N–H and O–H groups in total. The van der Waals surface area contributed by atoms with Crippen LogP contribution >= 0.6 is 0 Å². The molecule has 1 aromatic heterocycles. The van der Waals surface area contributed by atoms with Crippen molar-refractivity contribution < 1.29 is 14.3 Å². The first-order chi connectivity index (χ1) is 12.5. The molecule has 2 saturated heterocycles. The second-order valence-electron chi connectivity index (χ2n) is 7.63. The molecule has 0 saturated carbocycles. The number of benzene rings is 1. The van der Waals surface area contributed by atoms with Gasteiger partial charge < -0.3 is 10.0 Å². The number of carbonyl (C=O) groups is 1. The van der Waals surface area contributed by atoms with Gasteiger partial charge in [0.2, 0.25) is 0 Å². The van der Waals surface area contributed by atoms with Crippen LogP contribution in [0.3, 0.4) is 0 Å². The summed E-state index contributed by atoms with van der Waals surface area (Å²) in [5.41, 5.74) is 1.81. The molecule has 0 bridgehead atoms. The average molecular weight is 358 g/mol. The number of aromatic amines is 1. The van der Waals surface area contributed by atoms with E-state index in [-0.39, 0.29) is 11.7 Å². The number of likely N-dealkylation sites (tertiary alicyclic amines) is 2. The molecule has 138 valence electrons. The van der Waals surface area contributed by atoms with E-state index in [2.05, 4.69) is 20.0 Å². The fraction of sp³-hybridized carbons (Fsp3) is 0.474. The summed E-state index contributed by atoms with van der Waals surface area (Å²) in [6.07, 6.45) is 2.66. The molecule has 1 aromatic carbocycles. The Morgan fingerprint density at radius 2 is 2.31 bits per heavy atom. The Morgan fingerprint density at radius 3 is 3.08 bits per heavy atom. The van der Waals surface area contributed by atoms with Crippen LogP contribution in [0.5, 0.6) is 0 Å². The molecule has 7 heteroatoms. The normalized spacial score (nSPS) is 26.8. The molecule has 0 aliphatic carbocycles. The van der Waals surface area contributed by atoms with Crippen molar-refractivity contribution in [1.29, 1.82) is 0 Å². The molecule has 26 heavy (non-hydrogen) atoms. The highest BCUT2D eigenvalue weighted by atomic mass is 19.1. The number of carboxylic acids is 1. The SMILES string of the molecule is CN1CC[C@H]2CN(Cc3cn[nH]c3-c3cccc(F)c3)C[C@@]2(C(=O)O)C1. The lowest BCUT2D eigenvalue weighted by atomic mass is 9.73. The van der Waals surface area contributed by atoms with E-state index in [9.17, 15) is 14.3 Å². The summed E-state index contributed by atoms with van der Waals surface area (Å²) in [4.78, 5) is 16.4. The van der Waals surface area contributed by atoms with Crippen LogP contribution in [0.2, 0.25) is 0 Å². The highest BCUT2D eigenvalue weighted by molar-refractivity contribution is 5.76. The minimum atomic E-state index is -0.700. The summed E-state index contributed by atoms with van der Waals surface area (Å²) in [6, 6.07) is 6.42. The summed E-state index contributed by atoms with van der Waals surface area (Å²) in [6.45, 7) is 3.44. The predicted molar refractivity (Wildman–Crippen MR) is 94.9 cm³/mol. The number of fused-ring (bicyclic) bond motifs is 1. The van der Waals surface area contributed by atoms with Gasteiger partial charge in [-0.05, 0) is 38.1 Å². The Labute approximate surface area is 151 Å². The number of H-pyrrole nitrogens is 1. The number of aliphatic carboxylic acids is 1. The quantitative estimate of drug-likeness (QED) is 0.875. The molecule has 4 rings (SSSR count). The number of piperidine rings is 1. The largest absolute Gasteiger partial charge is 0.481 e. The molecule has 2 fully saturated rings. The Balaban J connectivity index is 1.56. The fourth-order valence-electron chi connectivity index (χ4n) is 4.56. The maximum absolute atomic E-state index is 13.6. The summed E-state index contributed by atoms with van der Waals surface area (Å²) in [7, 11) is 1.99. The van der Waals surface area contributed by atoms with Crippen LogP contribution in [0.25, 0.3) is 11.3 Å². The molecule has 0 amide bonds. The van der Waals surface area contributed by atoms with Crippen molar-refractivity contribution in [3.8, 4) is 11.3 Å². The van der Waals surface area contributed by atoms with Crippen molar-refractivity contribution in [3.05, 3.63) is 41.8 Å². The number of rotatable bonds is 4. The van der Waals surface area contributed by atoms with Crippen molar-refractivity contribution in [2.75, 3.05) is 33.2 Å². The van der Waals surface area contributed by atoms with E-state index in [1.54, 1.807) is 12.3 Å². The maximum atomic E-state index is 13.6. The molecular formula is C19H23FN4O2. The predicted octanol–water partition coefficient (Wildman–Crippen LogP) is 2.05. The first kappa shape index (κ1) is 17.2. The van der Waals surface area contributed by atoms with E-state index < -0.39 is 11.4 Å². The monoisotopic (exact) mass is 358 g/mol. The second-order valence-corrected chi connectivity index (χ2v) is 7.63. The average Bonchev–Trinajstić information content (AvgIpc) is 3.19. The van der Waals surface area contributed by atoms with Gasteiger partial charge in [-0.15, -0.1) is 0 Å². The molecule has 0 radical (unpaired) electrons. The molecule has 2 atom stereocenters. The van der Waals surface area contributed by atoms with Gasteiger partial charge in [-0.3, -0.25) is 14.8 Å². The standard InChI is InChI=1S/C19H23FN4O2/c1-23-6-5-15-10-24(12-19(15,11-23)18(25)26)9-14-8-21-22-17(14)13-3-2-4-16(20)7-13/h2-4,7-8,15H,5-6,9-12H2,1H3,(H,21,22)(H,25,26)/t15-,19-/m0/s1. The van der Waals surface area contributed by atoms with Gasteiger partial charge in [-0.2, -0.15) is 5.10 Å². The number of hydrogen-bond donors (Lipinski definition) is 2. The second kappa shape index (κ2) is 6.48. The maximum Gasteiger partial charge on any atom is 0.312 e. The van der Waals surface area contributed by atoms with E-state index in [1.165, 1.54) is 12.1 Å². The zero-order chi connectivity index (χ0) is 18.3. The summed E-state index contributed by atoms with van der Waals surface area (Å²) in [5, 5.41) is 17.0. The number of nitrogens with one attached hydrogen (secondary N) is 1. The van der Waals surface area contributed by atoms with Gasteiger partial charge >= 0.3 is 5.97 Å². The van der Waals surface area contributed by atoms with E-state index >= 15 is 0 Å². The smallest absolute Gasteiger partial charge is 0.312 e. The minimum absolute atomic E-state index is 0.167. The molecule has 3 heterocycles. The Kier molecular flexibility index (Phi) is 4.28. The zero-order valence-corrected chi connectivity index (χ0v) is 14.8. The zero-order valence-electron chi connectivity index (χ0n) is 14.8. The fourth-order valence-corrected chi connectivity index (χ4v) is 4.56. The first-order valence-corrected chi connectivity index (χ1v) is 8.90. The molecule has 2 aromatic rings.